The van der Waals surface area contributed by atoms with Crippen molar-refractivity contribution in [3.8, 4) is 0 Å². The number of hydrogen-bond donors (Lipinski definition) is 12. The molecule has 3 saturated heterocycles. The Kier molecular flexibility index (Phi) is 55.0. The van der Waals surface area contributed by atoms with E-state index in [4.69, 9.17) is 28.4 Å². The Morgan fingerprint density at radius 2 is 0.680 bits per heavy atom. The van der Waals surface area contributed by atoms with Crippen LogP contribution in [0.25, 0.3) is 0 Å². The molecule has 3 rings (SSSR count). The third kappa shape index (κ3) is 40.2. The topological polar surface area (TPSA) is 307 Å². The van der Waals surface area contributed by atoms with E-state index in [2.05, 4.69) is 43.5 Å². The molecule has 17 atom stereocenters. The second kappa shape index (κ2) is 59.6. The van der Waals surface area contributed by atoms with Crippen LogP contribution in [0.3, 0.4) is 0 Å². The maximum absolute atomic E-state index is 13.5. The van der Waals surface area contributed by atoms with Crippen LogP contribution in [0.1, 0.15) is 335 Å². The predicted molar refractivity (Wildman–Crippen MR) is 383 cm³/mol. The van der Waals surface area contributed by atoms with Gasteiger partial charge in [0.05, 0.1) is 38.6 Å². The molecule has 0 spiro atoms. The second-order valence-electron chi connectivity index (χ2n) is 28.9. The number of nitrogens with one attached hydrogen (secondary N) is 1. The molecule has 3 heterocycles. The molecule has 0 aliphatic carbocycles. The molecule has 19 nitrogen and oxygen atoms in total. The fourth-order valence-electron chi connectivity index (χ4n) is 13.8. The summed E-state index contributed by atoms with van der Waals surface area (Å²) in [6.07, 6.45) is 44.0. The van der Waals surface area contributed by atoms with Gasteiger partial charge >= 0.3 is 0 Å². The standard InChI is InChI=1S/C78H147NO18/c1-3-5-7-9-11-13-15-17-19-21-23-25-27-29-30-32-34-36-38-40-42-44-46-48-50-52-54-56-66(84)79-61(62(83)55-53-51-49-47-45-43-41-39-37-35-33-31-28-26-24-22-20-18-16-14-12-10-8-6-4-2)60-92-76-72(90)69(87)74(64(58-81)94-76)97-78-73(91)70(88)75(65(59-82)95-78)96-77-71(89)68(86)67(85)63(57-80)93-77/h15,17,21,23,61-65,67-78,80-83,85-91H,3-14,16,18-20,22,24-60H2,1-2H3,(H,79,84)/b17-15-,23-21-. The van der Waals surface area contributed by atoms with Crippen molar-refractivity contribution in [3.05, 3.63) is 24.3 Å². The quantitative estimate of drug-likeness (QED) is 0.0199. The molecule has 19 heteroatoms. The molecule has 0 aromatic carbocycles. The zero-order valence-electron chi connectivity index (χ0n) is 61.1. The van der Waals surface area contributed by atoms with Crippen LogP contribution >= 0.6 is 0 Å². The fourth-order valence-corrected chi connectivity index (χ4v) is 13.8. The number of hydrogen-bond acceptors (Lipinski definition) is 18. The van der Waals surface area contributed by atoms with Crippen molar-refractivity contribution in [2.45, 2.75) is 439 Å². The van der Waals surface area contributed by atoms with E-state index in [1.165, 1.54) is 250 Å². The van der Waals surface area contributed by atoms with Gasteiger partial charge in [0.25, 0.3) is 0 Å². The predicted octanol–water partition coefficient (Wildman–Crippen LogP) is 13.0. The van der Waals surface area contributed by atoms with Gasteiger partial charge in [-0.3, -0.25) is 4.79 Å². The average molecular weight is 1390 g/mol. The van der Waals surface area contributed by atoms with Gasteiger partial charge in [-0.2, -0.15) is 0 Å². The van der Waals surface area contributed by atoms with Gasteiger partial charge in [0.1, 0.15) is 73.2 Å². The number of aliphatic hydroxyl groups excluding tert-OH is 11. The summed E-state index contributed by atoms with van der Waals surface area (Å²) in [7, 11) is 0. The van der Waals surface area contributed by atoms with Crippen LogP contribution in [0.4, 0.5) is 0 Å². The molecule has 0 radical (unpaired) electrons. The summed E-state index contributed by atoms with van der Waals surface area (Å²) in [5.74, 6) is -0.237. The van der Waals surface area contributed by atoms with E-state index in [0.29, 0.717) is 12.8 Å². The van der Waals surface area contributed by atoms with Crippen molar-refractivity contribution in [3.63, 3.8) is 0 Å². The van der Waals surface area contributed by atoms with Crippen molar-refractivity contribution in [2.24, 2.45) is 0 Å². The van der Waals surface area contributed by atoms with Gasteiger partial charge in [-0.1, -0.05) is 308 Å². The molecule has 0 bridgehead atoms. The summed E-state index contributed by atoms with van der Waals surface area (Å²) in [6.45, 7) is 1.85. The molecule has 572 valence electrons. The Bertz CT molecular complexity index is 1850. The van der Waals surface area contributed by atoms with Crippen LogP contribution in [0, 0.1) is 0 Å². The van der Waals surface area contributed by atoms with Gasteiger partial charge in [0.15, 0.2) is 18.9 Å². The summed E-state index contributed by atoms with van der Waals surface area (Å²) < 4.78 is 34.5. The van der Waals surface area contributed by atoms with Gasteiger partial charge in [0, 0.05) is 6.42 Å². The van der Waals surface area contributed by atoms with Crippen LogP contribution in [0.2, 0.25) is 0 Å². The molecule has 12 N–H and O–H groups in total. The molecular formula is C78H147NO18. The van der Waals surface area contributed by atoms with Gasteiger partial charge in [-0.05, 0) is 44.9 Å². The third-order valence-electron chi connectivity index (χ3n) is 20.3. The van der Waals surface area contributed by atoms with Gasteiger partial charge in [0.2, 0.25) is 5.91 Å². The summed E-state index contributed by atoms with van der Waals surface area (Å²) in [6, 6.07) is -0.887. The van der Waals surface area contributed by atoms with E-state index in [0.717, 1.165) is 51.4 Å². The minimum Gasteiger partial charge on any atom is -0.394 e. The number of carbonyl (C=O) groups excluding carboxylic acids is 1. The lowest BCUT2D eigenvalue weighted by Crippen LogP contribution is -2.66. The van der Waals surface area contributed by atoms with E-state index in [1.54, 1.807) is 0 Å². The first-order valence-corrected chi connectivity index (χ1v) is 40.1. The smallest absolute Gasteiger partial charge is 0.220 e. The Morgan fingerprint density at radius 3 is 1.05 bits per heavy atom. The highest BCUT2D eigenvalue weighted by Gasteiger charge is 2.54. The number of unbranched alkanes of at least 4 members (excludes halogenated alkanes) is 44. The zero-order chi connectivity index (χ0) is 70.4. The van der Waals surface area contributed by atoms with Crippen LogP contribution in [0.5, 0.6) is 0 Å². The first-order chi connectivity index (χ1) is 47.3. The van der Waals surface area contributed by atoms with Crippen molar-refractivity contribution in [1.29, 1.82) is 0 Å². The number of allylic oxidation sites excluding steroid dienone is 4. The van der Waals surface area contributed by atoms with E-state index >= 15 is 0 Å². The number of rotatable bonds is 64. The van der Waals surface area contributed by atoms with E-state index in [1.807, 2.05) is 0 Å². The molecule has 3 aliphatic rings. The molecule has 0 aromatic heterocycles. The summed E-state index contributed by atoms with van der Waals surface area (Å²) in [5.41, 5.74) is 0. The summed E-state index contributed by atoms with van der Waals surface area (Å²) in [5, 5.41) is 121. The fraction of sp³-hybridized carbons (Fsp3) is 0.936. The van der Waals surface area contributed by atoms with Gasteiger partial charge < -0.3 is 89.9 Å². The lowest BCUT2D eigenvalue weighted by atomic mass is 9.96. The highest BCUT2D eigenvalue weighted by Crippen LogP contribution is 2.33. The van der Waals surface area contributed by atoms with Crippen molar-refractivity contribution >= 4 is 5.91 Å². The average Bonchev–Trinajstić information content (AvgIpc) is 0.790. The Hall–Kier alpha value is -1.73. The maximum atomic E-state index is 13.5. The third-order valence-corrected chi connectivity index (χ3v) is 20.3. The first-order valence-electron chi connectivity index (χ1n) is 40.1. The Balaban J connectivity index is 1.37. The summed E-state index contributed by atoms with van der Waals surface area (Å²) >= 11 is 0. The van der Waals surface area contributed by atoms with Crippen LogP contribution in [-0.4, -0.2) is 193 Å². The lowest BCUT2D eigenvalue weighted by molar-refractivity contribution is -0.379. The van der Waals surface area contributed by atoms with Gasteiger partial charge in [-0.25, -0.2) is 0 Å². The van der Waals surface area contributed by atoms with E-state index in [-0.39, 0.29) is 18.9 Å². The minimum atomic E-state index is -1.97. The van der Waals surface area contributed by atoms with Crippen molar-refractivity contribution < 1.29 is 89.4 Å². The van der Waals surface area contributed by atoms with E-state index < -0.39 is 124 Å². The SMILES string of the molecule is CCCCCCC/C=C\C/C=C\CCCCCCCCCCCCCCCCCC(=O)NC(COC1OC(CO)C(OC2OC(CO)C(OC3OC(CO)C(O)C(O)C3O)C(O)C2O)C(O)C1O)C(O)CCCCCCCCCCCCCCCCCCCCCCCCCCC. The monoisotopic (exact) mass is 1390 g/mol. The molecule has 3 aliphatic heterocycles. The largest absolute Gasteiger partial charge is 0.394 e. The van der Waals surface area contributed by atoms with Crippen LogP contribution in [-0.2, 0) is 33.2 Å². The molecule has 0 aromatic rings. The molecule has 1 amide bonds. The molecular weight excluding hydrogens is 1240 g/mol. The molecule has 3 fully saturated rings. The second-order valence-corrected chi connectivity index (χ2v) is 28.9. The van der Waals surface area contributed by atoms with E-state index in [9.17, 15) is 61.0 Å². The van der Waals surface area contributed by atoms with Crippen LogP contribution < -0.4 is 5.32 Å². The minimum absolute atomic E-state index is 0.237. The summed E-state index contributed by atoms with van der Waals surface area (Å²) in [4.78, 5) is 13.5. The highest BCUT2D eigenvalue weighted by atomic mass is 16.8. The molecule has 97 heavy (non-hydrogen) atoms. The zero-order valence-corrected chi connectivity index (χ0v) is 61.1. The number of carbonyl (C=O) groups is 1. The lowest BCUT2D eigenvalue weighted by Gasteiger charge is -2.48. The van der Waals surface area contributed by atoms with Crippen molar-refractivity contribution in [1.82, 2.24) is 5.32 Å². The maximum Gasteiger partial charge on any atom is 0.220 e. The van der Waals surface area contributed by atoms with Gasteiger partial charge in [-0.15, -0.1) is 0 Å². The number of aliphatic hydroxyl groups is 11. The number of amides is 1. The first kappa shape index (κ1) is 89.5. The molecule has 0 saturated carbocycles. The molecule has 17 unspecified atom stereocenters. The number of ether oxygens (including phenoxy) is 6. The Labute approximate surface area is 588 Å². The highest BCUT2D eigenvalue weighted by molar-refractivity contribution is 5.76. The van der Waals surface area contributed by atoms with Crippen LogP contribution in [0.15, 0.2) is 24.3 Å². The van der Waals surface area contributed by atoms with Crippen molar-refractivity contribution in [2.75, 3.05) is 26.4 Å². The Morgan fingerprint density at radius 1 is 0.371 bits per heavy atom. The normalized spacial score (nSPS) is 27.0.